The molecule has 1 aromatic heterocycles. The highest BCUT2D eigenvalue weighted by atomic mass is 16.5. The maximum Gasteiger partial charge on any atom is 0.311 e. The lowest BCUT2D eigenvalue weighted by Crippen LogP contribution is -2.07. The van der Waals surface area contributed by atoms with Gasteiger partial charge in [0, 0.05) is 25.2 Å². The Morgan fingerprint density at radius 2 is 1.32 bits per heavy atom. The molecule has 0 aliphatic heterocycles. The average Bonchev–Trinajstić information content (AvgIpc) is 2.86. The monoisotopic (exact) mass is 470 g/mol. The van der Waals surface area contributed by atoms with Gasteiger partial charge in [0.15, 0.2) is 11.6 Å². The fourth-order valence-electron chi connectivity index (χ4n) is 3.47. The van der Waals surface area contributed by atoms with E-state index in [1.54, 1.807) is 24.5 Å². The Labute approximate surface area is 205 Å². The highest BCUT2D eigenvalue weighted by molar-refractivity contribution is 5.72. The summed E-state index contributed by atoms with van der Waals surface area (Å²) in [5.74, 6) is 1.64. The van der Waals surface area contributed by atoms with Gasteiger partial charge in [0.05, 0.1) is 19.0 Å². The van der Waals surface area contributed by atoms with Crippen molar-refractivity contribution in [3.63, 3.8) is 0 Å². The third-order valence-electron chi connectivity index (χ3n) is 5.55. The molecule has 6 nitrogen and oxygen atoms in total. The van der Waals surface area contributed by atoms with Gasteiger partial charge in [-0.15, -0.1) is 0 Å². The Hall–Kier alpha value is -2.47. The predicted octanol–water partition coefficient (Wildman–Crippen LogP) is 7.17. The highest BCUT2D eigenvalue weighted by Gasteiger charge is 2.07. The minimum absolute atomic E-state index is 0.174. The number of benzene rings is 1. The highest BCUT2D eigenvalue weighted by Crippen LogP contribution is 2.21. The summed E-state index contributed by atoms with van der Waals surface area (Å²) in [5, 5.41) is 0. The summed E-state index contributed by atoms with van der Waals surface area (Å²) < 4.78 is 16.7. The second-order valence-corrected chi connectivity index (χ2v) is 8.63. The fourth-order valence-corrected chi connectivity index (χ4v) is 3.47. The molecule has 0 saturated heterocycles. The second-order valence-electron chi connectivity index (χ2n) is 8.63. The zero-order valence-corrected chi connectivity index (χ0v) is 21.1. The van der Waals surface area contributed by atoms with Crippen LogP contribution in [0.2, 0.25) is 0 Å². The van der Waals surface area contributed by atoms with Crippen LogP contribution < -0.4 is 9.47 Å². The van der Waals surface area contributed by atoms with Crippen LogP contribution in [0.4, 0.5) is 0 Å². The van der Waals surface area contributed by atoms with Crippen LogP contribution in [0, 0.1) is 0 Å². The molecule has 0 N–H and O–H groups in total. The van der Waals surface area contributed by atoms with Crippen molar-refractivity contribution in [2.24, 2.45) is 0 Å². The molecule has 2 rings (SSSR count). The molecule has 0 unspecified atom stereocenters. The van der Waals surface area contributed by atoms with Crippen LogP contribution >= 0.6 is 0 Å². The summed E-state index contributed by atoms with van der Waals surface area (Å²) in [4.78, 5) is 20.9. The van der Waals surface area contributed by atoms with E-state index in [1.807, 2.05) is 12.1 Å². The van der Waals surface area contributed by atoms with Gasteiger partial charge >= 0.3 is 5.97 Å². The van der Waals surface area contributed by atoms with Gasteiger partial charge in [0.1, 0.15) is 5.75 Å². The molecule has 0 amide bonds. The van der Waals surface area contributed by atoms with Crippen LogP contribution in [0.3, 0.4) is 0 Å². The molecule has 188 valence electrons. The van der Waals surface area contributed by atoms with Crippen LogP contribution in [0.5, 0.6) is 11.5 Å². The topological polar surface area (TPSA) is 70.5 Å². The van der Waals surface area contributed by atoms with Gasteiger partial charge < -0.3 is 14.2 Å². The molecular formula is C28H42N2O4. The molecule has 0 radical (unpaired) electrons. The molecule has 0 aliphatic rings. The number of hydrogen-bond acceptors (Lipinski definition) is 6. The van der Waals surface area contributed by atoms with Crippen LogP contribution in [0.15, 0.2) is 36.7 Å². The van der Waals surface area contributed by atoms with Crippen molar-refractivity contribution in [1.82, 2.24) is 9.97 Å². The first-order valence-electron chi connectivity index (χ1n) is 13.1. The SMILES string of the molecule is CCCCCCCCCC(=O)Oc1ccc(-c2ncc(OCCCCOCCCC)cn2)cc1. The number of aromatic nitrogens is 2. The molecular weight excluding hydrogens is 428 g/mol. The Kier molecular flexibility index (Phi) is 14.6. The van der Waals surface area contributed by atoms with Crippen molar-refractivity contribution >= 4 is 5.97 Å². The molecule has 6 heteroatoms. The minimum atomic E-state index is -0.174. The molecule has 34 heavy (non-hydrogen) atoms. The van der Waals surface area contributed by atoms with E-state index in [1.165, 1.54) is 32.1 Å². The lowest BCUT2D eigenvalue weighted by atomic mass is 10.1. The second kappa shape index (κ2) is 17.9. The largest absolute Gasteiger partial charge is 0.490 e. The first-order chi connectivity index (χ1) is 16.7. The molecule has 0 bridgehead atoms. The van der Waals surface area contributed by atoms with Gasteiger partial charge in [-0.2, -0.15) is 0 Å². The molecule has 1 aromatic carbocycles. The van der Waals surface area contributed by atoms with Gasteiger partial charge in [0.25, 0.3) is 0 Å². The van der Waals surface area contributed by atoms with Crippen molar-refractivity contribution < 1.29 is 19.0 Å². The number of hydrogen-bond donors (Lipinski definition) is 0. The molecule has 0 aliphatic carbocycles. The van der Waals surface area contributed by atoms with E-state index in [0.29, 0.717) is 30.4 Å². The first kappa shape index (κ1) is 27.8. The van der Waals surface area contributed by atoms with E-state index in [0.717, 1.165) is 57.3 Å². The summed E-state index contributed by atoms with van der Waals surface area (Å²) in [6, 6.07) is 7.30. The average molecular weight is 471 g/mol. The van der Waals surface area contributed by atoms with Crippen molar-refractivity contribution in [1.29, 1.82) is 0 Å². The summed E-state index contributed by atoms with van der Waals surface area (Å²) in [6.45, 7) is 6.63. The van der Waals surface area contributed by atoms with Crippen molar-refractivity contribution in [2.45, 2.75) is 90.9 Å². The van der Waals surface area contributed by atoms with E-state index in [2.05, 4.69) is 23.8 Å². The number of carbonyl (C=O) groups excluding carboxylic acids is 1. The lowest BCUT2D eigenvalue weighted by Gasteiger charge is -2.08. The standard InChI is InChI=1S/C28H42N2O4/c1-3-5-7-8-9-10-11-14-27(31)34-25-17-15-24(16-18-25)28-29-22-26(23-30-28)33-21-13-12-20-32-19-6-4-2/h15-18,22-23H,3-14,19-21H2,1-2H3. The molecule has 0 atom stereocenters. The van der Waals surface area contributed by atoms with E-state index in [4.69, 9.17) is 14.2 Å². The Bertz CT molecular complexity index is 778. The lowest BCUT2D eigenvalue weighted by molar-refractivity contribution is -0.134. The molecule has 0 fully saturated rings. The first-order valence-corrected chi connectivity index (χ1v) is 13.1. The summed E-state index contributed by atoms with van der Waals surface area (Å²) >= 11 is 0. The van der Waals surface area contributed by atoms with E-state index < -0.39 is 0 Å². The van der Waals surface area contributed by atoms with Crippen LogP contribution in [0.1, 0.15) is 90.9 Å². The van der Waals surface area contributed by atoms with Crippen LogP contribution in [0.25, 0.3) is 11.4 Å². The van der Waals surface area contributed by atoms with Crippen molar-refractivity contribution in [3.05, 3.63) is 36.7 Å². The number of esters is 1. The number of carbonyl (C=O) groups is 1. The Morgan fingerprint density at radius 1 is 0.706 bits per heavy atom. The quantitative estimate of drug-likeness (QED) is 0.123. The predicted molar refractivity (Wildman–Crippen MR) is 136 cm³/mol. The Morgan fingerprint density at radius 3 is 2.03 bits per heavy atom. The van der Waals surface area contributed by atoms with E-state index in [-0.39, 0.29) is 5.97 Å². The van der Waals surface area contributed by atoms with Crippen LogP contribution in [-0.2, 0) is 9.53 Å². The molecule has 0 saturated carbocycles. The molecule has 1 heterocycles. The van der Waals surface area contributed by atoms with E-state index in [9.17, 15) is 4.79 Å². The van der Waals surface area contributed by atoms with Crippen molar-refractivity contribution in [2.75, 3.05) is 19.8 Å². The smallest absolute Gasteiger partial charge is 0.311 e. The zero-order chi connectivity index (χ0) is 24.3. The minimum Gasteiger partial charge on any atom is -0.490 e. The number of rotatable bonds is 19. The van der Waals surface area contributed by atoms with Crippen molar-refractivity contribution in [3.8, 4) is 22.9 Å². The van der Waals surface area contributed by atoms with Gasteiger partial charge in [-0.1, -0.05) is 58.8 Å². The van der Waals surface area contributed by atoms with Crippen LogP contribution in [-0.4, -0.2) is 35.8 Å². The zero-order valence-electron chi connectivity index (χ0n) is 21.1. The summed E-state index contributed by atoms with van der Waals surface area (Å²) in [5.41, 5.74) is 0.864. The van der Waals surface area contributed by atoms with E-state index >= 15 is 0 Å². The molecule has 0 spiro atoms. The van der Waals surface area contributed by atoms with Gasteiger partial charge in [-0.3, -0.25) is 4.79 Å². The number of ether oxygens (including phenoxy) is 3. The van der Waals surface area contributed by atoms with Gasteiger partial charge in [0.2, 0.25) is 0 Å². The van der Waals surface area contributed by atoms with Gasteiger partial charge in [-0.05, 0) is 49.9 Å². The maximum absolute atomic E-state index is 12.1. The third kappa shape index (κ3) is 12.1. The number of unbranched alkanes of at least 4 members (excludes halogenated alkanes) is 8. The summed E-state index contributed by atoms with van der Waals surface area (Å²) in [7, 11) is 0. The van der Waals surface area contributed by atoms with Gasteiger partial charge in [-0.25, -0.2) is 9.97 Å². The maximum atomic E-state index is 12.1. The third-order valence-corrected chi connectivity index (χ3v) is 5.55. The number of nitrogens with zero attached hydrogens (tertiary/aromatic N) is 2. The Balaban J connectivity index is 1.64. The normalized spacial score (nSPS) is 10.9. The fraction of sp³-hybridized carbons (Fsp3) is 0.607. The molecule has 2 aromatic rings. The summed E-state index contributed by atoms with van der Waals surface area (Å²) in [6.07, 6.45) is 16.3.